The Morgan fingerprint density at radius 3 is 2.58 bits per heavy atom. The maximum absolute atomic E-state index is 6.42. The van der Waals surface area contributed by atoms with Crippen molar-refractivity contribution in [3.05, 3.63) is 56.2 Å². The van der Waals surface area contributed by atoms with E-state index < -0.39 is 0 Å². The number of hydrogen-bond donors (Lipinski definition) is 1. The van der Waals surface area contributed by atoms with Crippen LogP contribution in [-0.4, -0.2) is 6.54 Å². The minimum Gasteiger partial charge on any atom is -0.306 e. The Hall–Kier alpha value is -0.830. The van der Waals surface area contributed by atoms with Crippen LogP contribution in [0.1, 0.15) is 40.3 Å². The molecule has 1 aromatic heterocycles. The van der Waals surface area contributed by atoms with E-state index in [-0.39, 0.29) is 6.04 Å². The molecule has 1 nitrogen and oxygen atoms in total. The third kappa shape index (κ3) is 3.59. The maximum atomic E-state index is 6.42. The molecule has 0 fully saturated rings. The Bertz CT molecular complexity index is 547. The molecule has 1 N–H and O–H groups in total. The summed E-state index contributed by atoms with van der Waals surface area (Å²) in [4.78, 5) is 2.67. The van der Waals surface area contributed by atoms with E-state index >= 15 is 0 Å². The van der Waals surface area contributed by atoms with Gasteiger partial charge in [-0.1, -0.05) is 30.7 Å². The summed E-state index contributed by atoms with van der Waals surface area (Å²) in [6, 6.07) is 10.9. The number of halogens is 1. The number of thiophene rings is 1. The molecule has 3 heteroatoms. The average Bonchev–Trinajstić information content (AvgIpc) is 2.78. The van der Waals surface area contributed by atoms with Gasteiger partial charge in [-0.25, -0.2) is 0 Å². The van der Waals surface area contributed by atoms with Gasteiger partial charge in [0.1, 0.15) is 0 Å². The second-order valence-electron chi connectivity index (χ2n) is 4.86. The number of hydrogen-bond acceptors (Lipinski definition) is 2. The zero-order chi connectivity index (χ0) is 13.8. The van der Waals surface area contributed by atoms with Crippen LogP contribution in [0.25, 0.3) is 0 Å². The standard InChI is InChI=1S/C16H20ClNS/c1-4-9-18-16(15-8-6-12(3)19-15)13-7-5-11(2)10-14(13)17/h5-8,10,16,18H,4,9H2,1-3H3. The lowest BCUT2D eigenvalue weighted by atomic mass is 10.0. The van der Waals surface area contributed by atoms with Gasteiger partial charge >= 0.3 is 0 Å². The Labute approximate surface area is 124 Å². The molecule has 0 aliphatic rings. The van der Waals surface area contributed by atoms with E-state index in [1.54, 1.807) is 0 Å². The lowest BCUT2D eigenvalue weighted by Gasteiger charge is -2.19. The van der Waals surface area contributed by atoms with Crippen LogP contribution in [0.4, 0.5) is 0 Å². The van der Waals surface area contributed by atoms with E-state index in [1.807, 2.05) is 17.4 Å². The fourth-order valence-electron chi connectivity index (χ4n) is 2.13. The highest BCUT2D eigenvalue weighted by Gasteiger charge is 2.17. The zero-order valence-electron chi connectivity index (χ0n) is 11.7. The number of aryl methyl sites for hydroxylation is 2. The van der Waals surface area contributed by atoms with Crippen molar-refractivity contribution >= 4 is 22.9 Å². The summed E-state index contributed by atoms with van der Waals surface area (Å²) in [6.07, 6.45) is 1.12. The van der Waals surface area contributed by atoms with Crippen LogP contribution >= 0.6 is 22.9 Å². The molecule has 1 unspecified atom stereocenters. The molecule has 0 radical (unpaired) electrons. The first kappa shape index (κ1) is 14.6. The molecule has 0 spiro atoms. The van der Waals surface area contributed by atoms with E-state index in [0.29, 0.717) is 0 Å². The monoisotopic (exact) mass is 293 g/mol. The van der Waals surface area contributed by atoms with Crippen LogP contribution in [0.3, 0.4) is 0 Å². The Morgan fingerprint density at radius 1 is 1.21 bits per heavy atom. The van der Waals surface area contributed by atoms with Gasteiger partial charge in [-0.3, -0.25) is 0 Å². The van der Waals surface area contributed by atoms with Crippen LogP contribution in [-0.2, 0) is 0 Å². The summed E-state index contributed by atoms with van der Waals surface area (Å²) < 4.78 is 0. The third-order valence-corrected chi connectivity index (χ3v) is 4.50. The predicted octanol–water partition coefficient (Wildman–Crippen LogP) is 5.11. The van der Waals surface area contributed by atoms with Gasteiger partial charge in [0, 0.05) is 14.8 Å². The largest absolute Gasteiger partial charge is 0.306 e. The fourth-order valence-corrected chi connectivity index (χ4v) is 3.44. The second-order valence-corrected chi connectivity index (χ2v) is 6.59. The van der Waals surface area contributed by atoms with Crippen molar-refractivity contribution in [1.82, 2.24) is 5.32 Å². The quantitative estimate of drug-likeness (QED) is 0.808. The van der Waals surface area contributed by atoms with Gasteiger partial charge in [0.15, 0.2) is 0 Å². The lowest BCUT2D eigenvalue weighted by Crippen LogP contribution is -2.22. The molecule has 102 valence electrons. The van der Waals surface area contributed by atoms with Gasteiger partial charge in [0.05, 0.1) is 6.04 Å². The van der Waals surface area contributed by atoms with Gasteiger partial charge in [-0.2, -0.15) is 0 Å². The van der Waals surface area contributed by atoms with Crippen LogP contribution in [0.2, 0.25) is 5.02 Å². The fraction of sp³-hybridized carbons (Fsp3) is 0.375. The zero-order valence-corrected chi connectivity index (χ0v) is 13.2. The lowest BCUT2D eigenvalue weighted by molar-refractivity contribution is 0.606. The van der Waals surface area contributed by atoms with Gasteiger partial charge in [-0.15, -0.1) is 11.3 Å². The van der Waals surface area contributed by atoms with Gasteiger partial charge in [0.25, 0.3) is 0 Å². The minimum atomic E-state index is 0.201. The Balaban J connectivity index is 2.36. The summed E-state index contributed by atoms with van der Waals surface area (Å²) >= 11 is 8.26. The second kappa shape index (κ2) is 6.56. The molecule has 1 heterocycles. The number of benzene rings is 1. The van der Waals surface area contributed by atoms with Crippen molar-refractivity contribution in [2.45, 2.75) is 33.2 Å². The summed E-state index contributed by atoms with van der Waals surface area (Å²) in [5.74, 6) is 0. The highest BCUT2D eigenvalue weighted by molar-refractivity contribution is 7.12. The molecule has 2 rings (SSSR count). The van der Waals surface area contributed by atoms with Crippen LogP contribution in [0, 0.1) is 13.8 Å². The maximum Gasteiger partial charge on any atom is 0.0685 e. The topological polar surface area (TPSA) is 12.0 Å². The smallest absolute Gasteiger partial charge is 0.0685 e. The van der Waals surface area contributed by atoms with Crippen LogP contribution in [0.5, 0.6) is 0 Å². The first-order chi connectivity index (χ1) is 9.11. The third-order valence-electron chi connectivity index (χ3n) is 3.11. The van der Waals surface area contributed by atoms with Gasteiger partial charge in [0.2, 0.25) is 0 Å². The van der Waals surface area contributed by atoms with E-state index in [2.05, 4.69) is 50.4 Å². The highest BCUT2D eigenvalue weighted by atomic mass is 35.5. The van der Waals surface area contributed by atoms with E-state index in [4.69, 9.17) is 11.6 Å². The minimum absolute atomic E-state index is 0.201. The number of rotatable bonds is 5. The molecule has 0 aliphatic heterocycles. The molecule has 19 heavy (non-hydrogen) atoms. The molecule has 0 bridgehead atoms. The van der Waals surface area contributed by atoms with Crippen LogP contribution in [0.15, 0.2) is 30.3 Å². The van der Waals surface area contributed by atoms with Crippen molar-refractivity contribution in [1.29, 1.82) is 0 Å². The summed E-state index contributed by atoms with van der Waals surface area (Å²) in [6.45, 7) is 7.38. The van der Waals surface area contributed by atoms with Crippen LogP contribution < -0.4 is 5.32 Å². The van der Waals surface area contributed by atoms with Crippen molar-refractivity contribution < 1.29 is 0 Å². The molecule has 0 amide bonds. The Kier molecular flexibility index (Phi) is 5.03. The van der Waals surface area contributed by atoms with Crippen molar-refractivity contribution in [2.24, 2.45) is 0 Å². The average molecular weight is 294 g/mol. The first-order valence-corrected chi connectivity index (χ1v) is 7.87. The molecular formula is C16H20ClNS. The Morgan fingerprint density at radius 2 is 2.00 bits per heavy atom. The van der Waals surface area contributed by atoms with E-state index in [9.17, 15) is 0 Å². The highest BCUT2D eigenvalue weighted by Crippen LogP contribution is 2.32. The first-order valence-electron chi connectivity index (χ1n) is 6.67. The normalized spacial score (nSPS) is 12.6. The summed E-state index contributed by atoms with van der Waals surface area (Å²) in [5.41, 5.74) is 2.37. The molecule has 0 aliphatic carbocycles. The molecule has 1 atom stereocenters. The van der Waals surface area contributed by atoms with E-state index in [0.717, 1.165) is 18.0 Å². The van der Waals surface area contributed by atoms with Crippen molar-refractivity contribution in [2.75, 3.05) is 6.54 Å². The van der Waals surface area contributed by atoms with Crippen molar-refractivity contribution in [3.8, 4) is 0 Å². The molecule has 0 saturated heterocycles. The molecule has 1 aromatic carbocycles. The van der Waals surface area contributed by atoms with Gasteiger partial charge in [-0.05, 0) is 56.1 Å². The number of nitrogens with one attached hydrogen (secondary N) is 1. The van der Waals surface area contributed by atoms with Gasteiger partial charge < -0.3 is 5.32 Å². The van der Waals surface area contributed by atoms with Crippen molar-refractivity contribution in [3.63, 3.8) is 0 Å². The summed E-state index contributed by atoms with van der Waals surface area (Å²) in [5, 5.41) is 4.45. The molecular weight excluding hydrogens is 274 g/mol. The molecule has 0 saturated carbocycles. The summed E-state index contributed by atoms with van der Waals surface area (Å²) in [7, 11) is 0. The van der Waals surface area contributed by atoms with E-state index in [1.165, 1.54) is 20.9 Å². The predicted molar refractivity (Wildman–Crippen MR) is 85.4 cm³/mol. The SMILES string of the molecule is CCCNC(c1ccc(C)s1)c1ccc(C)cc1Cl. The molecule has 2 aromatic rings.